The van der Waals surface area contributed by atoms with Crippen LogP contribution >= 0.6 is 15.9 Å². The Morgan fingerprint density at radius 2 is 1.96 bits per heavy atom. The molecule has 132 valence electrons. The summed E-state index contributed by atoms with van der Waals surface area (Å²) in [5, 5.41) is 13.2. The molecule has 1 amide bonds. The number of nitrogens with zero attached hydrogens (tertiary/aromatic N) is 2. The van der Waals surface area contributed by atoms with Crippen LogP contribution in [0.1, 0.15) is 16.3 Å². The highest BCUT2D eigenvalue weighted by molar-refractivity contribution is 9.10. The second-order valence-electron chi connectivity index (χ2n) is 5.12. The van der Waals surface area contributed by atoms with Crippen LogP contribution in [-0.4, -0.2) is 15.8 Å². The Hall–Kier alpha value is -3.20. The lowest BCUT2D eigenvalue weighted by Crippen LogP contribution is -2.11. The zero-order valence-corrected chi connectivity index (χ0v) is 14.8. The number of hydrogen-bond donors (Lipinski definition) is 1. The van der Waals surface area contributed by atoms with E-state index in [9.17, 15) is 14.9 Å². The number of amides is 1. The molecule has 26 heavy (non-hydrogen) atoms. The van der Waals surface area contributed by atoms with Crippen molar-refractivity contribution in [1.82, 2.24) is 4.98 Å². The average molecular weight is 418 g/mol. The van der Waals surface area contributed by atoms with Gasteiger partial charge in [0.2, 0.25) is 0 Å². The standard InChI is InChI=1S/C17H12BrN3O5/c18-11-1-8-16(19-9-11)20-17(22)15-7-6-14(26-15)10-25-13-4-2-12(3-5-13)21(23)24/h1-9H,10H2,(H,19,20,22). The topological polar surface area (TPSA) is 108 Å². The van der Waals surface area contributed by atoms with Gasteiger partial charge in [-0.2, -0.15) is 0 Å². The number of rotatable bonds is 6. The normalized spacial score (nSPS) is 10.3. The van der Waals surface area contributed by atoms with E-state index in [2.05, 4.69) is 26.2 Å². The summed E-state index contributed by atoms with van der Waals surface area (Å²) in [5.41, 5.74) is -0.0177. The van der Waals surface area contributed by atoms with Gasteiger partial charge in [0.15, 0.2) is 5.76 Å². The van der Waals surface area contributed by atoms with Crippen molar-refractivity contribution < 1.29 is 18.9 Å². The molecule has 0 saturated heterocycles. The van der Waals surface area contributed by atoms with Crippen molar-refractivity contribution in [2.75, 3.05) is 5.32 Å². The maximum atomic E-state index is 12.1. The van der Waals surface area contributed by atoms with E-state index < -0.39 is 10.8 Å². The molecule has 2 aromatic heterocycles. The monoisotopic (exact) mass is 417 g/mol. The minimum atomic E-state index is -0.485. The Kier molecular flexibility index (Phi) is 5.28. The third-order valence-electron chi connectivity index (χ3n) is 3.28. The van der Waals surface area contributed by atoms with Crippen LogP contribution in [0.3, 0.4) is 0 Å². The quantitative estimate of drug-likeness (QED) is 0.476. The van der Waals surface area contributed by atoms with Crippen molar-refractivity contribution in [2.24, 2.45) is 0 Å². The van der Waals surface area contributed by atoms with Crippen LogP contribution in [-0.2, 0) is 6.61 Å². The number of furan rings is 1. The molecule has 9 heteroatoms. The van der Waals surface area contributed by atoms with E-state index in [1.807, 2.05) is 0 Å². The lowest BCUT2D eigenvalue weighted by Gasteiger charge is -2.04. The van der Waals surface area contributed by atoms with E-state index in [4.69, 9.17) is 9.15 Å². The van der Waals surface area contributed by atoms with Gasteiger partial charge < -0.3 is 14.5 Å². The largest absolute Gasteiger partial charge is 0.486 e. The number of hydrogen-bond acceptors (Lipinski definition) is 6. The Morgan fingerprint density at radius 1 is 1.19 bits per heavy atom. The fourth-order valence-electron chi connectivity index (χ4n) is 2.02. The molecule has 0 fully saturated rings. The minimum absolute atomic E-state index is 0.0177. The SMILES string of the molecule is O=C(Nc1ccc(Br)cn1)c1ccc(COc2ccc([N+](=O)[O-])cc2)o1. The lowest BCUT2D eigenvalue weighted by molar-refractivity contribution is -0.384. The summed E-state index contributed by atoms with van der Waals surface area (Å²) in [4.78, 5) is 26.3. The first-order valence-electron chi connectivity index (χ1n) is 7.40. The number of carbonyl (C=O) groups excluding carboxylic acids is 1. The van der Waals surface area contributed by atoms with Gasteiger partial charge in [0.1, 0.15) is 23.9 Å². The Balaban J connectivity index is 1.57. The summed E-state index contributed by atoms with van der Waals surface area (Å²) in [6, 6.07) is 12.3. The number of pyridine rings is 1. The van der Waals surface area contributed by atoms with E-state index >= 15 is 0 Å². The summed E-state index contributed by atoms with van der Waals surface area (Å²) < 4.78 is 11.7. The first-order valence-corrected chi connectivity index (χ1v) is 8.19. The van der Waals surface area contributed by atoms with Crippen molar-refractivity contribution in [3.05, 3.63) is 80.8 Å². The molecule has 8 nitrogen and oxygen atoms in total. The molecule has 0 aliphatic heterocycles. The van der Waals surface area contributed by atoms with E-state index in [-0.39, 0.29) is 18.1 Å². The van der Waals surface area contributed by atoms with Crippen molar-refractivity contribution in [2.45, 2.75) is 6.61 Å². The molecule has 0 saturated carbocycles. The molecule has 0 unspecified atom stereocenters. The van der Waals surface area contributed by atoms with Crippen molar-refractivity contribution in [3.8, 4) is 5.75 Å². The van der Waals surface area contributed by atoms with Crippen LogP contribution < -0.4 is 10.1 Å². The molecule has 3 aromatic rings. The van der Waals surface area contributed by atoms with Crippen LogP contribution in [0.25, 0.3) is 0 Å². The van der Waals surface area contributed by atoms with E-state index in [0.717, 1.165) is 4.47 Å². The van der Waals surface area contributed by atoms with E-state index in [1.165, 1.54) is 30.3 Å². The maximum Gasteiger partial charge on any atom is 0.292 e. The fourth-order valence-corrected chi connectivity index (χ4v) is 2.26. The zero-order chi connectivity index (χ0) is 18.5. The number of ether oxygens (including phenoxy) is 1. The molecular formula is C17H12BrN3O5. The predicted octanol–water partition coefficient (Wildman–Crippen LogP) is 4.18. The second-order valence-corrected chi connectivity index (χ2v) is 6.04. The summed E-state index contributed by atoms with van der Waals surface area (Å²) in [5.74, 6) is 0.992. The Morgan fingerprint density at radius 3 is 2.62 bits per heavy atom. The van der Waals surface area contributed by atoms with Crippen LogP contribution in [0.2, 0.25) is 0 Å². The van der Waals surface area contributed by atoms with Gasteiger partial charge in [-0.05, 0) is 52.3 Å². The van der Waals surface area contributed by atoms with Gasteiger partial charge in [0.25, 0.3) is 11.6 Å². The second kappa shape index (κ2) is 7.79. The molecule has 0 radical (unpaired) electrons. The zero-order valence-electron chi connectivity index (χ0n) is 13.2. The Bertz CT molecular complexity index is 922. The van der Waals surface area contributed by atoms with E-state index in [1.54, 1.807) is 24.4 Å². The van der Waals surface area contributed by atoms with Crippen LogP contribution in [0.5, 0.6) is 5.75 Å². The number of anilines is 1. The van der Waals surface area contributed by atoms with Crippen molar-refractivity contribution in [3.63, 3.8) is 0 Å². The third kappa shape index (κ3) is 4.45. The number of non-ortho nitro benzene ring substituents is 1. The molecule has 0 atom stereocenters. The summed E-state index contributed by atoms with van der Waals surface area (Å²) in [7, 11) is 0. The molecule has 0 spiro atoms. The molecule has 1 N–H and O–H groups in total. The molecule has 0 aliphatic rings. The fraction of sp³-hybridized carbons (Fsp3) is 0.0588. The summed E-state index contributed by atoms with van der Waals surface area (Å²) in [6.45, 7) is 0.0849. The van der Waals surface area contributed by atoms with Crippen LogP contribution in [0, 0.1) is 10.1 Å². The molecule has 1 aromatic carbocycles. The van der Waals surface area contributed by atoms with Gasteiger partial charge in [0.05, 0.1) is 4.92 Å². The van der Waals surface area contributed by atoms with Gasteiger partial charge in [-0.15, -0.1) is 0 Å². The Labute approximate surface area is 156 Å². The highest BCUT2D eigenvalue weighted by atomic mass is 79.9. The summed E-state index contributed by atoms with van der Waals surface area (Å²) in [6.07, 6.45) is 1.57. The van der Waals surface area contributed by atoms with Crippen molar-refractivity contribution >= 4 is 33.3 Å². The number of aromatic nitrogens is 1. The van der Waals surface area contributed by atoms with Crippen LogP contribution in [0.15, 0.2) is 63.6 Å². The predicted molar refractivity (Wildman–Crippen MR) is 96.0 cm³/mol. The molecule has 2 heterocycles. The maximum absolute atomic E-state index is 12.1. The highest BCUT2D eigenvalue weighted by Gasteiger charge is 2.13. The van der Waals surface area contributed by atoms with Crippen molar-refractivity contribution in [1.29, 1.82) is 0 Å². The lowest BCUT2D eigenvalue weighted by atomic mass is 10.3. The van der Waals surface area contributed by atoms with Gasteiger partial charge in [-0.25, -0.2) is 4.98 Å². The molecule has 0 bridgehead atoms. The first kappa shape index (κ1) is 17.6. The number of halogens is 1. The van der Waals surface area contributed by atoms with Gasteiger partial charge in [0, 0.05) is 22.8 Å². The van der Waals surface area contributed by atoms with Gasteiger partial charge in [-0.1, -0.05) is 0 Å². The number of nitro groups is 1. The first-order chi connectivity index (χ1) is 12.5. The van der Waals surface area contributed by atoms with Gasteiger partial charge >= 0.3 is 0 Å². The average Bonchev–Trinajstić information content (AvgIpc) is 3.11. The molecule has 3 rings (SSSR count). The number of benzene rings is 1. The highest BCUT2D eigenvalue weighted by Crippen LogP contribution is 2.19. The minimum Gasteiger partial charge on any atom is -0.486 e. The molecule has 0 aliphatic carbocycles. The van der Waals surface area contributed by atoms with E-state index in [0.29, 0.717) is 17.3 Å². The molecular weight excluding hydrogens is 406 g/mol. The summed E-state index contributed by atoms with van der Waals surface area (Å²) >= 11 is 3.27. The number of nitrogens with one attached hydrogen (secondary N) is 1. The smallest absolute Gasteiger partial charge is 0.292 e. The third-order valence-corrected chi connectivity index (χ3v) is 3.75. The number of nitro benzene ring substituents is 1. The van der Waals surface area contributed by atoms with Gasteiger partial charge in [-0.3, -0.25) is 14.9 Å². The van der Waals surface area contributed by atoms with Crippen LogP contribution in [0.4, 0.5) is 11.5 Å². The number of carbonyl (C=O) groups is 1.